The maximum Gasteiger partial charge on any atom is 0.239 e. The van der Waals surface area contributed by atoms with Gasteiger partial charge in [-0.15, -0.1) is 5.10 Å². The average molecular weight is 450 g/mol. The van der Waals surface area contributed by atoms with Crippen molar-refractivity contribution in [2.24, 2.45) is 10.2 Å². The zero-order valence-corrected chi connectivity index (χ0v) is 18.2. The van der Waals surface area contributed by atoms with E-state index in [0.717, 1.165) is 29.7 Å². The topological polar surface area (TPSA) is 63.1 Å². The second-order valence-electron chi connectivity index (χ2n) is 6.44. The van der Waals surface area contributed by atoms with Gasteiger partial charge >= 0.3 is 0 Å². The number of ether oxygens (including phenoxy) is 1. The Labute approximate surface area is 184 Å². The lowest BCUT2D eigenvalue weighted by atomic mass is 10.1. The van der Waals surface area contributed by atoms with Gasteiger partial charge in [-0.1, -0.05) is 66.5 Å². The summed E-state index contributed by atoms with van der Waals surface area (Å²) in [4.78, 5) is 12.2. The van der Waals surface area contributed by atoms with E-state index in [9.17, 15) is 4.79 Å². The fourth-order valence-corrected chi connectivity index (χ4v) is 3.94. The minimum atomic E-state index is -0.286. The first kappa shape index (κ1) is 21.7. The number of amides is 1. The highest BCUT2D eigenvalue weighted by atomic mass is 35.5. The van der Waals surface area contributed by atoms with Gasteiger partial charge in [0.2, 0.25) is 5.91 Å². The molecule has 8 heteroatoms. The van der Waals surface area contributed by atoms with E-state index in [0.29, 0.717) is 28.2 Å². The molecule has 1 unspecified atom stereocenters. The SMILES string of the molecule is CCCCOc1ccccc1/C=N/N=C1\NC(=O)C(Cc2ccc(Cl)c(Cl)c2)S1. The highest BCUT2D eigenvalue weighted by molar-refractivity contribution is 8.15. The van der Waals surface area contributed by atoms with E-state index in [2.05, 4.69) is 22.4 Å². The summed E-state index contributed by atoms with van der Waals surface area (Å²) in [6, 6.07) is 13.0. The summed E-state index contributed by atoms with van der Waals surface area (Å²) < 4.78 is 5.78. The highest BCUT2D eigenvalue weighted by Gasteiger charge is 2.30. The Morgan fingerprint density at radius 2 is 2.03 bits per heavy atom. The largest absolute Gasteiger partial charge is 0.493 e. The lowest BCUT2D eigenvalue weighted by Gasteiger charge is -2.07. The number of nitrogens with one attached hydrogen (secondary N) is 1. The Kier molecular flexibility index (Phi) is 7.98. The molecule has 0 saturated carbocycles. The predicted molar refractivity (Wildman–Crippen MR) is 122 cm³/mol. The number of nitrogens with zero attached hydrogens (tertiary/aromatic N) is 2. The molecule has 1 heterocycles. The predicted octanol–water partition coefficient (Wildman–Crippen LogP) is 5.34. The van der Waals surface area contributed by atoms with Crippen LogP contribution < -0.4 is 10.1 Å². The smallest absolute Gasteiger partial charge is 0.239 e. The molecule has 1 fully saturated rings. The number of amidine groups is 1. The van der Waals surface area contributed by atoms with E-state index < -0.39 is 0 Å². The highest BCUT2D eigenvalue weighted by Crippen LogP contribution is 2.27. The van der Waals surface area contributed by atoms with Crippen molar-refractivity contribution >= 4 is 52.3 Å². The third-order valence-corrected chi connectivity index (χ3v) is 6.01. The molecule has 0 spiro atoms. The maximum atomic E-state index is 12.2. The third kappa shape index (κ3) is 6.23. The van der Waals surface area contributed by atoms with Crippen LogP contribution in [-0.4, -0.2) is 29.1 Å². The van der Waals surface area contributed by atoms with Gasteiger partial charge in [0.25, 0.3) is 0 Å². The van der Waals surface area contributed by atoms with E-state index >= 15 is 0 Å². The van der Waals surface area contributed by atoms with Crippen LogP contribution in [-0.2, 0) is 11.2 Å². The zero-order valence-electron chi connectivity index (χ0n) is 15.9. The Bertz CT molecular complexity index is 934. The number of para-hydroxylation sites is 1. The molecule has 1 amide bonds. The molecule has 152 valence electrons. The summed E-state index contributed by atoms with van der Waals surface area (Å²) in [5.74, 6) is 0.670. The molecule has 1 N–H and O–H groups in total. The first-order valence-electron chi connectivity index (χ1n) is 9.31. The zero-order chi connectivity index (χ0) is 20.6. The Morgan fingerprint density at radius 1 is 1.21 bits per heavy atom. The molecule has 0 aliphatic carbocycles. The standard InChI is InChI=1S/C21H21Cl2N3O2S/c1-2-3-10-28-18-7-5-4-6-15(18)13-24-26-21-25-20(27)19(29-21)12-14-8-9-16(22)17(23)11-14/h4-9,11,13,19H,2-3,10,12H2,1H3,(H,25,26,27)/b24-13+. The summed E-state index contributed by atoms with van der Waals surface area (Å²) in [6.45, 7) is 2.79. The normalized spacial score (nSPS) is 17.8. The number of unbranched alkanes of at least 4 members (excludes halogenated alkanes) is 1. The van der Waals surface area contributed by atoms with Crippen LogP contribution >= 0.6 is 35.0 Å². The van der Waals surface area contributed by atoms with Crippen LogP contribution in [0.4, 0.5) is 0 Å². The van der Waals surface area contributed by atoms with E-state index in [4.69, 9.17) is 27.9 Å². The number of benzene rings is 2. The van der Waals surface area contributed by atoms with Crippen LogP contribution in [0, 0.1) is 0 Å². The molecular formula is C21H21Cl2N3O2S. The second kappa shape index (κ2) is 10.7. The van der Waals surface area contributed by atoms with E-state index in [-0.39, 0.29) is 11.2 Å². The molecule has 1 saturated heterocycles. The van der Waals surface area contributed by atoms with Crippen molar-refractivity contribution in [3.63, 3.8) is 0 Å². The average Bonchev–Trinajstić information content (AvgIpc) is 3.05. The molecule has 2 aromatic rings. The summed E-state index contributed by atoms with van der Waals surface area (Å²) >= 11 is 13.3. The fourth-order valence-electron chi connectivity index (χ4n) is 2.66. The number of hydrogen-bond donors (Lipinski definition) is 1. The van der Waals surface area contributed by atoms with Crippen LogP contribution in [0.25, 0.3) is 0 Å². The van der Waals surface area contributed by atoms with Crippen LogP contribution in [0.1, 0.15) is 30.9 Å². The van der Waals surface area contributed by atoms with Gasteiger partial charge in [-0.2, -0.15) is 5.10 Å². The van der Waals surface area contributed by atoms with Crippen LogP contribution in [0.3, 0.4) is 0 Å². The first-order valence-corrected chi connectivity index (χ1v) is 10.9. The van der Waals surface area contributed by atoms with Crippen molar-refractivity contribution in [3.05, 3.63) is 63.6 Å². The number of carbonyl (C=O) groups excluding carboxylic acids is 1. The minimum Gasteiger partial charge on any atom is -0.493 e. The lowest BCUT2D eigenvalue weighted by molar-refractivity contribution is -0.118. The molecule has 5 nitrogen and oxygen atoms in total. The number of halogens is 2. The summed E-state index contributed by atoms with van der Waals surface area (Å²) in [7, 11) is 0. The number of hydrogen-bond acceptors (Lipinski definition) is 5. The molecule has 1 atom stereocenters. The van der Waals surface area contributed by atoms with Gasteiger partial charge < -0.3 is 10.1 Å². The van der Waals surface area contributed by atoms with Crippen molar-refractivity contribution in [1.82, 2.24) is 5.32 Å². The lowest BCUT2D eigenvalue weighted by Crippen LogP contribution is -2.25. The van der Waals surface area contributed by atoms with Crippen LogP contribution in [0.2, 0.25) is 10.0 Å². The fraction of sp³-hybridized carbons (Fsp3) is 0.286. The van der Waals surface area contributed by atoms with Gasteiger partial charge in [-0.05, 0) is 42.7 Å². The van der Waals surface area contributed by atoms with Crippen molar-refractivity contribution < 1.29 is 9.53 Å². The molecule has 0 aromatic heterocycles. The Balaban J connectivity index is 1.62. The Hall–Kier alpha value is -2.02. The van der Waals surface area contributed by atoms with Crippen molar-refractivity contribution in [2.45, 2.75) is 31.4 Å². The molecule has 29 heavy (non-hydrogen) atoms. The monoisotopic (exact) mass is 449 g/mol. The third-order valence-electron chi connectivity index (χ3n) is 4.20. The summed E-state index contributed by atoms with van der Waals surface area (Å²) in [5, 5.41) is 12.2. The van der Waals surface area contributed by atoms with Gasteiger partial charge in [0, 0.05) is 5.56 Å². The Morgan fingerprint density at radius 3 is 2.83 bits per heavy atom. The quantitative estimate of drug-likeness (QED) is 0.336. The molecular weight excluding hydrogens is 429 g/mol. The number of carbonyl (C=O) groups is 1. The van der Waals surface area contributed by atoms with Gasteiger partial charge in [-0.25, -0.2) is 0 Å². The molecule has 0 radical (unpaired) electrons. The van der Waals surface area contributed by atoms with E-state index in [1.54, 1.807) is 18.3 Å². The van der Waals surface area contributed by atoms with Gasteiger partial charge in [0.15, 0.2) is 5.17 Å². The van der Waals surface area contributed by atoms with Gasteiger partial charge in [0.05, 0.1) is 28.1 Å². The van der Waals surface area contributed by atoms with E-state index in [1.165, 1.54) is 11.8 Å². The molecule has 1 aliphatic heterocycles. The molecule has 0 bridgehead atoms. The number of rotatable bonds is 8. The van der Waals surface area contributed by atoms with Gasteiger partial charge in [-0.3, -0.25) is 4.79 Å². The van der Waals surface area contributed by atoms with Crippen molar-refractivity contribution in [3.8, 4) is 5.75 Å². The second-order valence-corrected chi connectivity index (χ2v) is 8.44. The van der Waals surface area contributed by atoms with Crippen LogP contribution in [0.15, 0.2) is 52.7 Å². The first-order chi connectivity index (χ1) is 14.1. The van der Waals surface area contributed by atoms with Crippen molar-refractivity contribution in [1.29, 1.82) is 0 Å². The minimum absolute atomic E-state index is 0.0988. The van der Waals surface area contributed by atoms with Crippen molar-refractivity contribution in [2.75, 3.05) is 6.61 Å². The van der Waals surface area contributed by atoms with E-state index in [1.807, 2.05) is 30.3 Å². The molecule has 3 rings (SSSR count). The number of thioether (sulfide) groups is 1. The maximum absolute atomic E-state index is 12.2. The van der Waals surface area contributed by atoms with Crippen LogP contribution in [0.5, 0.6) is 5.75 Å². The van der Waals surface area contributed by atoms with Gasteiger partial charge in [0.1, 0.15) is 5.75 Å². The summed E-state index contributed by atoms with van der Waals surface area (Å²) in [6.07, 6.45) is 4.23. The summed E-state index contributed by atoms with van der Waals surface area (Å²) in [5.41, 5.74) is 1.78. The molecule has 2 aromatic carbocycles. The molecule has 1 aliphatic rings.